The zero-order valence-electron chi connectivity index (χ0n) is 11.1. The molecule has 1 aliphatic heterocycles. The number of halogens is 1. The molecule has 1 fully saturated rings. The highest BCUT2D eigenvalue weighted by atomic mass is 35.5. The Morgan fingerprint density at radius 1 is 1.37 bits per heavy atom. The number of esters is 1. The van der Waals surface area contributed by atoms with E-state index in [-0.39, 0.29) is 12.1 Å². The molecule has 19 heavy (non-hydrogen) atoms. The van der Waals surface area contributed by atoms with Crippen LogP contribution in [-0.2, 0) is 16.1 Å². The molecule has 1 aromatic carbocycles. The van der Waals surface area contributed by atoms with Crippen molar-refractivity contribution in [3.8, 4) is 0 Å². The van der Waals surface area contributed by atoms with Crippen LogP contribution >= 0.6 is 11.6 Å². The predicted molar refractivity (Wildman–Crippen MR) is 76.2 cm³/mol. The molecule has 0 aliphatic carbocycles. The highest BCUT2D eigenvalue weighted by Crippen LogP contribution is 2.16. The molecule has 3 nitrogen and oxygen atoms in total. The van der Waals surface area contributed by atoms with Crippen molar-refractivity contribution in [1.82, 2.24) is 4.90 Å². The minimum absolute atomic E-state index is 0.0477. The standard InChI is InChI=1S/C15H20ClNO2/c16-9-4-7-15(18)19-14-8-10-17(12-14)11-13-5-2-1-3-6-13/h1-3,5-6,14H,4,7-12H2. The van der Waals surface area contributed by atoms with Crippen molar-refractivity contribution < 1.29 is 9.53 Å². The summed E-state index contributed by atoms with van der Waals surface area (Å²) in [6.07, 6.45) is 2.10. The maximum absolute atomic E-state index is 11.5. The summed E-state index contributed by atoms with van der Waals surface area (Å²) in [5, 5.41) is 0. The first-order chi connectivity index (χ1) is 9.28. The van der Waals surface area contributed by atoms with Crippen molar-refractivity contribution in [3.05, 3.63) is 35.9 Å². The maximum atomic E-state index is 11.5. The Kier molecular flexibility index (Phi) is 5.67. The zero-order chi connectivity index (χ0) is 13.5. The van der Waals surface area contributed by atoms with Gasteiger partial charge in [0.2, 0.25) is 0 Å². The van der Waals surface area contributed by atoms with Gasteiger partial charge in [-0.1, -0.05) is 30.3 Å². The van der Waals surface area contributed by atoms with Gasteiger partial charge in [-0.15, -0.1) is 11.6 Å². The lowest BCUT2D eigenvalue weighted by Gasteiger charge is -2.16. The van der Waals surface area contributed by atoms with Gasteiger partial charge in [-0.3, -0.25) is 9.69 Å². The highest BCUT2D eigenvalue weighted by Gasteiger charge is 2.25. The van der Waals surface area contributed by atoms with Gasteiger partial charge in [0.05, 0.1) is 0 Å². The minimum atomic E-state index is -0.118. The minimum Gasteiger partial charge on any atom is -0.461 e. The number of benzene rings is 1. The summed E-state index contributed by atoms with van der Waals surface area (Å²) in [4.78, 5) is 13.9. The fourth-order valence-corrected chi connectivity index (χ4v) is 2.47. The molecule has 2 rings (SSSR count). The molecule has 0 aromatic heterocycles. The van der Waals surface area contributed by atoms with Gasteiger partial charge in [-0.05, 0) is 18.4 Å². The van der Waals surface area contributed by atoms with Gasteiger partial charge < -0.3 is 4.74 Å². The second-order valence-corrected chi connectivity index (χ2v) is 5.29. The second kappa shape index (κ2) is 7.51. The third kappa shape index (κ3) is 4.84. The molecule has 1 aliphatic rings. The van der Waals surface area contributed by atoms with E-state index < -0.39 is 0 Å². The largest absolute Gasteiger partial charge is 0.461 e. The monoisotopic (exact) mass is 281 g/mol. The molecule has 104 valence electrons. The lowest BCUT2D eigenvalue weighted by molar-refractivity contribution is -0.148. The zero-order valence-corrected chi connectivity index (χ0v) is 11.8. The molecule has 0 bridgehead atoms. The summed E-state index contributed by atoms with van der Waals surface area (Å²) in [6, 6.07) is 10.4. The predicted octanol–water partition coefficient (Wildman–Crippen LogP) is 2.82. The number of alkyl halides is 1. The molecule has 4 heteroatoms. The van der Waals surface area contributed by atoms with E-state index in [0.29, 0.717) is 18.7 Å². The van der Waals surface area contributed by atoms with E-state index in [1.807, 2.05) is 6.07 Å². The number of ether oxygens (including phenoxy) is 1. The summed E-state index contributed by atoms with van der Waals surface area (Å²) in [5.74, 6) is 0.395. The van der Waals surface area contributed by atoms with Crippen LogP contribution < -0.4 is 0 Å². The molecular weight excluding hydrogens is 262 g/mol. The van der Waals surface area contributed by atoms with Gasteiger partial charge in [-0.25, -0.2) is 0 Å². The van der Waals surface area contributed by atoms with Crippen molar-refractivity contribution >= 4 is 17.6 Å². The Bertz CT molecular complexity index is 396. The molecule has 1 atom stereocenters. The molecule has 1 unspecified atom stereocenters. The Morgan fingerprint density at radius 3 is 2.89 bits per heavy atom. The molecule has 1 saturated heterocycles. The first-order valence-electron chi connectivity index (χ1n) is 6.79. The molecule has 0 N–H and O–H groups in total. The van der Waals surface area contributed by atoms with E-state index in [2.05, 4.69) is 29.2 Å². The van der Waals surface area contributed by atoms with Crippen molar-refractivity contribution in [3.63, 3.8) is 0 Å². The van der Waals surface area contributed by atoms with Crippen LogP contribution in [0.15, 0.2) is 30.3 Å². The molecule has 0 spiro atoms. The summed E-state index contributed by atoms with van der Waals surface area (Å²) >= 11 is 5.56. The first kappa shape index (κ1) is 14.4. The topological polar surface area (TPSA) is 29.5 Å². The summed E-state index contributed by atoms with van der Waals surface area (Å²) in [5.41, 5.74) is 1.30. The van der Waals surface area contributed by atoms with Crippen LogP contribution in [0.25, 0.3) is 0 Å². The fraction of sp³-hybridized carbons (Fsp3) is 0.533. The number of rotatable bonds is 6. The Labute approximate surface area is 119 Å². The first-order valence-corrected chi connectivity index (χ1v) is 7.33. The normalized spacial score (nSPS) is 19.5. The Balaban J connectivity index is 1.72. The third-order valence-electron chi connectivity index (χ3n) is 3.29. The highest BCUT2D eigenvalue weighted by molar-refractivity contribution is 6.17. The van der Waals surface area contributed by atoms with Crippen molar-refractivity contribution in [2.45, 2.75) is 31.9 Å². The van der Waals surface area contributed by atoms with Crippen LogP contribution in [-0.4, -0.2) is 35.9 Å². The average Bonchev–Trinajstić information content (AvgIpc) is 2.85. The number of nitrogens with zero attached hydrogens (tertiary/aromatic N) is 1. The van der Waals surface area contributed by atoms with Crippen molar-refractivity contribution in [1.29, 1.82) is 0 Å². The van der Waals surface area contributed by atoms with Gasteiger partial charge >= 0.3 is 5.97 Å². The van der Waals surface area contributed by atoms with E-state index in [9.17, 15) is 4.79 Å². The lowest BCUT2D eigenvalue weighted by atomic mass is 10.2. The van der Waals surface area contributed by atoms with Crippen LogP contribution in [0.1, 0.15) is 24.8 Å². The van der Waals surface area contributed by atoms with E-state index in [0.717, 1.165) is 26.1 Å². The smallest absolute Gasteiger partial charge is 0.306 e. The van der Waals surface area contributed by atoms with Crippen LogP contribution in [0.4, 0.5) is 0 Å². The van der Waals surface area contributed by atoms with Gasteiger partial charge in [0.1, 0.15) is 6.10 Å². The Morgan fingerprint density at radius 2 is 2.16 bits per heavy atom. The maximum Gasteiger partial charge on any atom is 0.306 e. The number of hydrogen-bond acceptors (Lipinski definition) is 3. The molecular formula is C15H20ClNO2. The van der Waals surface area contributed by atoms with E-state index in [4.69, 9.17) is 16.3 Å². The molecule has 0 radical (unpaired) electrons. The molecule has 1 aromatic rings. The quantitative estimate of drug-likeness (QED) is 0.593. The van der Waals surface area contributed by atoms with Crippen LogP contribution in [0.3, 0.4) is 0 Å². The van der Waals surface area contributed by atoms with Gasteiger partial charge in [0.15, 0.2) is 0 Å². The van der Waals surface area contributed by atoms with Crippen molar-refractivity contribution in [2.75, 3.05) is 19.0 Å². The van der Waals surface area contributed by atoms with E-state index in [1.165, 1.54) is 5.56 Å². The van der Waals surface area contributed by atoms with Crippen LogP contribution in [0, 0.1) is 0 Å². The van der Waals surface area contributed by atoms with Crippen LogP contribution in [0.2, 0.25) is 0 Å². The number of carbonyl (C=O) groups is 1. The number of hydrogen-bond donors (Lipinski definition) is 0. The van der Waals surface area contributed by atoms with Crippen LogP contribution in [0.5, 0.6) is 0 Å². The summed E-state index contributed by atoms with van der Waals surface area (Å²) in [6.45, 7) is 2.75. The fourth-order valence-electron chi connectivity index (χ4n) is 2.33. The molecule has 0 saturated carbocycles. The summed E-state index contributed by atoms with van der Waals surface area (Å²) in [7, 11) is 0. The third-order valence-corrected chi connectivity index (χ3v) is 3.56. The molecule has 0 amide bonds. The van der Waals surface area contributed by atoms with Crippen molar-refractivity contribution in [2.24, 2.45) is 0 Å². The van der Waals surface area contributed by atoms with Gasteiger partial charge in [0.25, 0.3) is 0 Å². The summed E-state index contributed by atoms with van der Waals surface area (Å²) < 4.78 is 5.44. The SMILES string of the molecule is O=C(CCCCl)OC1CCN(Cc2ccccc2)C1. The van der Waals surface area contributed by atoms with Gasteiger partial charge in [0, 0.05) is 31.9 Å². The van der Waals surface area contributed by atoms with E-state index in [1.54, 1.807) is 0 Å². The number of carbonyl (C=O) groups excluding carboxylic acids is 1. The number of likely N-dealkylation sites (tertiary alicyclic amines) is 1. The van der Waals surface area contributed by atoms with E-state index >= 15 is 0 Å². The van der Waals surface area contributed by atoms with Gasteiger partial charge in [-0.2, -0.15) is 0 Å². The lowest BCUT2D eigenvalue weighted by Crippen LogP contribution is -2.24. The molecule has 1 heterocycles. The second-order valence-electron chi connectivity index (χ2n) is 4.91. The average molecular weight is 282 g/mol. The Hall–Kier alpha value is -1.06.